The van der Waals surface area contributed by atoms with Gasteiger partial charge in [0.1, 0.15) is 0 Å². The topological polar surface area (TPSA) is 84.1 Å². The van der Waals surface area contributed by atoms with Crippen LogP contribution in [0.15, 0.2) is 0 Å². The maximum Gasteiger partial charge on any atom is 0.303 e. The Balaban J connectivity index is 1.54. The summed E-state index contributed by atoms with van der Waals surface area (Å²) in [6.07, 6.45) is 5.68. The Morgan fingerprint density at radius 2 is 2.20 bits per heavy atom. The monoisotopic (exact) mass is 279 g/mol. The molecule has 1 aromatic rings. The molecule has 0 radical (unpaired) electrons. The first-order valence-electron chi connectivity index (χ1n) is 7.43. The molecule has 2 fully saturated rings. The van der Waals surface area contributed by atoms with Crippen molar-refractivity contribution in [3.8, 4) is 0 Å². The number of hydrogen-bond acceptors (Lipinski definition) is 5. The van der Waals surface area contributed by atoms with Crippen LogP contribution in [0.1, 0.15) is 50.4 Å². The number of aliphatic carboxylic acids is 1. The summed E-state index contributed by atoms with van der Waals surface area (Å²) in [7, 11) is 0. The van der Waals surface area contributed by atoms with Gasteiger partial charge in [0.2, 0.25) is 0 Å². The van der Waals surface area contributed by atoms with Crippen LogP contribution in [-0.2, 0) is 11.3 Å². The van der Waals surface area contributed by atoms with Gasteiger partial charge in [-0.2, -0.15) is 0 Å². The molecule has 1 aliphatic carbocycles. The quantitative estimate of drug-likeness (QED) is 0.839. The number of tetrazole rings is 1. The smallest absolute Gasteiger partial charge is 0.303 e. The van der Waals surface area contributed by atoms with Crippen molar-refractivity contribution in [3.63, 3.8) is 0 Å². The minimum Gasteiger partial charge on any atom is -0.481 e. The molecule has 1 N–H and O–H groups in total. The summed E-state index contributed by atoms with van der Waals surface area (Å²) < 4.78 is 1.96. The summed E-state index contributed by atoms with van der Waals surface area (Å²) in [5.41, 5.74) is 0. The lowest BCUT2D eigenvalue weighted by molar-refractivity contribution is -0.137. The van der Waals surface area contributed by atoms with E-state index in [1.807, 2.05) is 4.68 Å². The normalized spacial score (nSPS) is 23.9. The minimum atomic E-state index is -0.695. The van der Waals surface area contributed by atoms with Crippen molar-refractivity contribution < 1.29 is 9.90 Å². The molecule has 2 heterocycles. The SMILES string of the molecule is O=C(O)CCC1CCCN(Cc2nnnn2C2CC2)C1. The molecule has 0 bridgehead atoms. The van der Waals surface area contributed by atoms with Gasteiger partial charge in [0.15, 0.2) is 5.82 Å². The molecule has 110 valence electrons. The number of aromatic nitrogens is 4. The second kappa shape index (κ2) is 5.87. The van der Waals surface area contributed by atoms with Gasteiger partial charge in [0.05, 0.1) is 12.6 Å². The first kappa shape index (κ1) is 13.5. The van der Waals surface area contributed by atoms with E-state index in [4.69, 9.17) is 5.11 Å². The zero-order valence-electron chi connectivity index (χ0n) is 11.6. The molecule has 7 nitrogen and oxygen atoms in total. The summed E-state index contributed by atoms with van der Waals surface area (Å²) in [5.74, 6) is 0.747. The Bertz CT molecular complexity index is 471. The molecular weight excluding hydrogens is 258 g/mol. The molecule has 0 spiro atoms. The number of carboxylic acids is 1. The highest BCUT2D eigenvalue weighted by atomic mass is 16.4. The van der Waals surface area contributed by atoms with E-state index in [-0.39, 0.29) is 6.42 Å². The van der Waals surface area contributed by atoms with Crippen molar-refractivity contribution in [2.45, 2.75) is 51.1 Å². The Kier molecular flexibility index (Phi) is 3.95. The van der Waals surface area contributed by atoms with E-state index >= 15 is 0 Å². The first-order chi connectivity index (χ1) is 9.72. The fraction of sp³-hybridized carbons (Fsp3) is 0.846. The van der Waals surface area contributed by atoms with Crippen molar-refractivity contribution in [1.29, 1.82) is 0 Å². The van der Waals surface area contributed by atoms with E-state index in [0.29, 0.717) is 12.0 Å². The number of carbonyl (C=O) groups is 1. The zero-order chi connectivity index (χ0) is 13.9. The molecule has 0 amide bonds. The lowest BCUT2D eigenvalue weighted by Gasteiger charge is -2.32. The van der Waals surface area contributed by atoms with Gasteiger partial charge in [0, 0.05) is 13.0 Å². The highest BCUT2D eigenvalue weighted by Crippen LogP contribution is 2.34. The maximum absolute atomic E-state index is 10.7. The molecule has 1 atom stereocenters. The van der Waals surface area contributed by atoms with Crippen molar-refractivity contribution in [1.82, 2.24) is 25.1 Å². The number of nitrogens with zero attached hydrogens (tertiary/aromatic N) is 5. The predicted octanol–water partition coefficient (Wildman–Crippen LogP) is 1.08. The Morgan fingerprint density at radius 1 is 1.35 bits per heavy atom. The summed E-state index contributed by atoms with van der Waals surface area (Å²) >= 11 is 0. The average Bonchev–Trinajstić information content (AvgIpc) is 3.18. The third-order valence-corrected chi connectivity index (χ3v) is 4.19. The second-order valence-electron chi connectivity index (χ2n) is 5.95. The molecule has 1 unspecified atom stereocenters. The van der Waals surface area contributed by atoms with Crippen LogP contribution >= 0.6 is 0 Å². The number of likely N-dealkylation sites (tertiary alicyclic amines) is 1. The van der Waals surface area contributed by atoms with Gasteiger partial charge in [0.25, 0.3) is 0 Å². The molecule has 1 saturated heterocycles. The molecule has 7 heteroatoms. The number of rotatable bonds is 6. The predicted molar refractivity (Wildman–Crippen MR) is 71.0 cm³/mol. The Morgan fingerprint density at radius 3 is 2.95 bits per heavy atom. The maximum atomic E-state index is 10.7. The van der Waals surface area contributed by atoms with Crippen LogP contribution in [0.5, 0.6) is 0 Å². The molecule has 20 heavy (non-hydrogen) atoms. The molecule has 1 aliphatic heterocycles. The fourth-order valence-electron chi connectivity index (χ4n) is 2.98. The number of hydrogen-bond donors (Lipinski definition) is 1. The summed E-state index contributed by atoms with van der Waals surface area (Å²) in [5, 5.41) is 20.8. The minimum absolute atomic E-state index is 0.276. The van der Waals surface area contributed by atoms with E-state index < -0.39 is 5.97 Å². The zero-order valence-corrected chi connectivity index (χ0v) is 11.6. The van der Waals surface area contributed by atoms with Gasteiger partial charge < -0.3 is 5.11 Å². The van der Waals surface area contributed by atoms with E-state index in [0.717, 1.165) is 44.7 Å². The van der Waals surface area contributed by atoms with Gasteiger partial charge in [-0.25, -0.2) is 4.68 Å². The van der Waals surface area contributed by atoms with Crippen LogP contribution in [0.4, 0.5) is 0 Å². The standard InChI is InChI=1S/C13H21N5O2/c19-13(20)6-3-10-2-1-7-17(8-10)9-12-14-15-16-18(12)11-4-5-11/h10-11H,1-9H2,(H,19,20). The van der Waals surface area contributed by atoms with Crippen molar-refractivity contribution in [2.75, 3.05) is 13.1 Å². The van der Waals surface area contributed by atoms with Gasteiger partial charge in [-0.05, 0) is 55.0 Å². The molecule has 0 aromatic carbocycles. The lowest BCUT2D eigenvalue weighted by Crippen LogP contribution is -2.36. The van der Waals surface area contributed by atoms with E-state index in [1.54, 1.807) is 0 Å². The van der Waals surface area contributed by atoms with Crippen molar-refractivity contribution >= 4 is 5.97 Å². The van der Waals surface area contributed by atoms with Crippen LogP contribution in [0.25, 0.3) is 0 Å². The Hall–Kier alpha value is -1.50. The third-order valence-electron chi connectivity index (χ3n) is 4.19. The highest BCUT2D eigenvalue weighted by Gasteiger charge is 2.29. The summed E-state index contributed by atoms with van der Waals surface area (Å²) in [6.45, 7) is 2.80. The Labute approximate surface area is 117 Å². The number of piperidine rings is 1. The van der Waals surface area contributed by atoms with Crippen molar-refractivity contribution in [3.05, 3.63) is 5.82 Å². The van der Waals surface area contributed by atoms with E-state index in [9.17, 15) is 4.79 Å². The molecule has 3 rings (SSSR count). The van der Waals surface area contributed by atoms with Crippen molar-refractivity contribution in [2.24, 2.45) is 5.92 Å². The summed E-state index contributed by atoms with van der Waals surface area (Å²) in [6, 6.07) is 0.507. The third kappa shape index (κ3) is 3.33. The average molecular weight is 279 g/mol. The molecule has 2 aliphatic rings. The van der Waals surface area contributed by atoms with E-state index in [2.05, 4.69) is 20.4 Å². The largest absolute Gasteiger partial charge is 0.481 e. The van der Waals surface area contributed by atoms with Gasteiger partial charge in [-0.3, -0.25) is 9.69 Å². The van der Waals surface area contributed by atoms with Crippen LogP contribution in [0.3, 0.4) is 0 Å². The van der Waals surface area contributed by atoms with Crippen LogP contribution in [0, 0.1) is 5.92 Å². The lowest BCUT2D eigenvalue weighted by atomic mass is 9.93. The molecule has 1 saturated carbocycles. The number of carboxylic acid groups (broad SMARTS) is 1. The second-order valence-corrected chi connectivity index (χ2v) is 5.95. The van der Waals surface area contributed by atoms with Crippen LogP contribution < -0.4 is 0 Å². The fourth-order valence-corrected chi connectivity index (χ4v) is 2.98. The molecule has 1 aromatic heterocycles. The van der Waals surface area contributed by atoms with Crippen LogP contribution in [0.2, 0.25) is 0 Å². The van der Waals surface area contributed by atoms with Gasteiger partial charge >= 0.3 is 5.97 Å². The first-order valence-corrected chi connectivity index (χ1v) is 7.43. The van der Waals surface area contributed by atoms with Gasteiger partial charge in [-0.1, -0.05) is 0 Å². The van der Waals surface area contributed by atoms with Gasteiger partial charge in [-0.15, -0.1) is 5.10 Å². The highest BCUT2D eigenvalue weighted by molar-refractivity contribution is 5.66. The summed E-state index contributed by atoms with van der Waals surface area (Å²) in [4.78, 5) is 13.0. The van der Waals surface area contributed by atoms with E-state index in [1.165, 1.54) is 12.8 Å². The molecular formula is C13H21N5O2. The van der Waals surface area contributed by atoms with Crippen LogP contribution in [-0.4, -0.2) is 49.3 Å².